The summed E-state index contributed by atoms with van der Waals surface area (Å²) in [4.78, 5) is 44.4. The van der Waals surface area contributed by atoms with Crippen LogP contribution in [0.15, 0.2) is 54.6 Å². The highest BCUT2D eigenvalue weighted by Gasteiger charge is 2.35. The van der Waals surface area contributed by atoms with E-state index >= 15 is 0 Å². The van der Waals surface area contributed by atoms with Gasteiger partial charge < -0.3 is 20.4 Å². The molecule has 0 aromatic heterocycles. The Labute approximate surface area is 200 Å². The Kier molecular flexibility index (Phi) is 7.80. The number of rotatable bonds is 7. The van der Waals surface area contributed by atoms with Crippen molar-refractivity contribution in [3.63, 3.8) is 0 Å². The minimum absolute atomic E-state index is 0.0606. The van der Waals surface area contributed by atoms with Gasteiger partial charge in [-0.05, 0) is 36.2 Å². The molecule has 180 valence electrons. The van der Waals surface area contributed by atoms with Crippen molar-refractivity contribution < 1.29 is 14.4 Å². The third-order valence-electron chi connectivity index (χ3n) is 6.53. The van der Waals surface area contributed by atoms with Gasteiger partial charge in [0, 0.05) is 50.6 Å². The number of benzene rings is 2. The molecule has 2 aliphatic rings. The van der Waals surface area contributed by atoms with Crippen molar-refractivity contribution in [1.82, 2.24) is 15.1 Å². The van der Waals surface area contributed by atoms with Crippen molar-refractivity contribution in [2.45, 2.75) is 25.8 Å². The van der Waals surface area contributed by atoms with Crippen LogP contribution in [-0.4, -0.2) is 79.4 Å². The Morgan fingerprint density at radius 2 is 1.68 bits per heavy atom. The lowest BCUT2D eigenvalue weighted by molar-refractivity contribution is -0.145. The molecule has 2 fully saturated rings. The van der Waals surface area contributed by atoms with Crippen LogP contribution in [0, 0.1) is 0 Å². The van der Waals surface area contributed by atoms with Gasteiger partial charge in [-0.25, -0.2) is 0 Å². The van der Waals surface area contributed by atoms with Crippen LogP contribution in [-0.2, 0) is 20.8 Å². The lowest BCUT2D eigenvalue weighted by Crippen LogP contribution is -2.60. The number of amides is 3. The smallest absolute Gasteiger partial charge is 0.243 e. The van der Waals surface area contributed by atoms with Gasteiger partial charge in [0.15, 0.2) is 0 Å². The van der Waals surface area contributed by atoms with E-state index in [-0.39, 0.29) is 30.7 Å². The molecule has 3 amide bonds. The number of hydrogen-bond donors (Lipinski definition) is 2. The summed E-state index contributed by atoms with van der Waals surface area (Å²) >= 11 is 0. The van der Waals surface area contributed by atoms with Crippen LogP contribution in [0.25, 0.3) is 0 Å². The molecule has 2 aliphatic heterocycles. The van der Waals surface area contributed by atoms with Crippen molar-refractivity contribution >= 4 is 29.1 Å². The lowest BCUT2D eigenvalue weighted by Gasteiger charge is -2.39. The highest BCUT2D eigenvalue weighted by Crippen LogP contribution is 2.17. The first-order valence-corrected chi connectivity index (χ1v) is 12.0. The van der Waals surface area contributed by atoms with Crippen LogP contribution in [0.5, 0.6) is 0 Å². The molecule has 8 nitrogen and oxygen atoms in total. The summed E-state index contributed by atoms with van der Waals surface area (Å²) in [5, 5.41) is 5.65. The van der Waals surface area contributed by atoms with E-state index in [0.29, 0.717) is 18.8 Å². The zero-order chi connectivity index (χ0) is 23.9. The molecule has 2 aromatic rings. The van der Waals surface area contributed by atoms with Gasteiger partial charge in [0.1, 0.15) is 6.04 Å². The Morgan fingerprint density at radius 1 is 0.971 bits per heavy atom. The van der Waals surface area contributed by atoms with E-state index in [2.05, 4.69) is 39.5 Å². The number of nitrogens with one attached hydrogen (secondary N) is 2. The first kappa shape index (κ1) is 23.8. The average molecular weight is 464 g/mol. The quantitative estimate of drug-likeness (QED) is 0.653. The van der Waals surface area contributed by atoms with E-state index in [4.69, 9.17) is 0 Å². The van der Waals surface area contributed by atoms with E-state index < -0.39 is 6.04 Å². The molecule has 4 rings (SSSR count). The standard InChI is InChI=1S/C26H33N5O3/c1-2-20-8-10-21(11-9-20)28-24(32)18-23-26(34)27-12-13-31(23)25(33)19-29-14-16-30(17-15-29)22-6-4-3-5-7-22/h3-11,23H,2,12-19H2,1H3,(H,27,34)(H,28,32). The van der Waals surface area contributed by atoms with Gasteiger partial charge in [-0.3, -0.25) is 19.3 Å². The second-order valence-corrected chi connectivity index (χ2v) is 8.80. The number of aryl methyl sites for hydroxylation is 1. The predicted octanol–water partition coefficient (Wildman–Crippen LogP) is 1.73. The summed E-state index contributed by atoms with van der Waals surface area (Å²) in [6.45, 7) is 6.40. The molecular formula is C26H33N5O3. The van der Waals surface area contributed by atoms with Crippen molar-refractivity contribution in [1.29, 1.82) is 0 Å². The fourth-order valence-electron chi connectivity index (χ4n) is 4.51. The molecule has 1 unspecified atom stereocenters. The third-order valence-corrected chi connectivity index (χ3v) is 6.53. The maximum Gasteiger partial charge on any atom is 0.243 e. The summed E-state index contributed by atoms with van der Waals surface area (Å²) in [5.41, 5.74) is 3.07. The molecule has 0 aliphatic carbocycles. The maximum absolute atomic E-state index is 13.1. The fourth-order valence-corrected chi connectivity index (χ4v) is 4.51. The van der Waals surface area contributed by atoms with Gasteiger partial charge in [0.25, 0.3) is 0 Å². The number of nitrogens with zero attached hydrogens (tertiary/aromatic N) is 3. The third kappa shape index (κ3) is 5.94. The van der Waals surface area contributed by atoms with Gasteiger partial charge >= 0.3 is 0 Å². The monoisotopic (exact) mass is 463 g/mol. The fraction of sp³-hybridized carbons (Fsp3) is 0.423. The molecule has 0 bridgehead atoms. The minimum Gasteiger partial charge on any atom is -0.369 e. The molecule has 0 saturated carbocycles. The molecule has 0 radical (unpaired) electrons. The number of anilines is 2. The van der Waals surface area contributed by atoms with E-state index in [9.17, 15) is 14.4 Å². The number of hydrogen-bond acceptors (Lipinski definition) is 5. The lowest BCUT2D eigenvalue weighted by atomic mass is 10.1. The first-order valence-electron chi connectivity index (χ1n) is 12.0. The molecular weight excluding hydrogens is 430 g/mol. The number of para-hydroxylation sites is 1. The maximum atomic E-state index is 13.1. The molecule has 2 N–H and O–H groups in total. The molecule has 8 heteroatoms. The normalized spacial score (nSPS) is 19.0. The van der Waals surface area contributed by atoms with E-state index in [0.717, 1.165) is 32.6 Å². The van der Waals surface area contributed by atoms with E-state index in [1.54, 1.807) is 4.90 Å². The van der Waals surface area contributed by atoms with E-state index in [1.807, 2.05) is 42.5 Å². The molecule has 0 spiro atoms. The van der Waals surface area contributed by atoms with Crippen LogP contribution in [0.1, 0.15) is 18.9 Å². The van der Waals surface area contributed by atoms with Gasteiger partial charge in [-0.2, -0.15) is 0 Å². The SMILES string of the molecule is CCc1ccc(NC(=O)CC2C(=O)NCCN2C(=O)CN2CCN(c3ccccc3)CC2)cc1. The van der Waals surface area contributed by atoms with Crippen molar-refractivity contribution in [3.05, 3.63) is 60.2 Å². The van der Waals surface area contributed by atoms with Crippen LogP contribution >= 0.6 is 0 Å². The van der Waals surface area contributed by atoms with Gasteiger partial charge in [0.05, 0.1) is 13.0 Å². The Hall–Kier alpha value is -3.39. The molecule has 34 heavy (non-hydrogen) atoms. The highest BCUT2D eigenvalue weighted by molar-refractivity contribution is 5.97. The van der Waals surface area contributed by atoms with Gasteiger partial charge in [0.2, 0.25) is 17.7 Å². The average Bonchev–Trinajstić information content (AvgIpc) is 2.86. The first-order chi connectivity index (χ1) is 16.5. The summed E-state index contributed by atoms with van der Waals surface area (Å²) in [7, 11) is 0. The zero-order valence-electron chi connectivity index (χ0n) is 19.7. The number of piperazine rings is 2. The molecule has 2 heterocycles. The summed E-state index contributed by atoms with van der Waals surface area (Å²) < 4.78 is 0. The number of carbonyl (C=O) groups is 3. The Morgan fingerprint density at radius 3 is 2.35 bits per heavy atom. The van der Waals surface area contributed by atoms with Gasteiger partial charge in [-0.15, -0.1) is 0 Å². The zero-order valence-corrected chi connectivity index (χ0v) is 19.7. The van der Waals surface area contributed by atoms with Crippen molar-refractivity contribution in [3.8, 4) is 0 Å². The Bertz CT molecular complexity index is 987. The topological polar surface area (TPSA) is 85.0 Å². The van der Waals surface area contributed by atoms with Crippen LogP contribution in [0.3, 0.4) is 0 Å². The Balaban J connectivity index is 1.31. The van der Waals surface area contributed by atoms with Crippen molar-refractivity contribution in [2.24, 2.45) is 0 Å². The second-order valence-electron chi connectivity index (χ2n) is 8.80. The summed E-state index contributed by atoms with van der Waals surface area (Å²) in [6.07, 6.45) is 0.865. The second kappa shape index (κ2) is 11.2. The summed E-state index contributed by atoms with van der Waals surface area (Å²) in [5.74, 6) is -0.654. The van der Waals surface area contributed by atoms with Crippen molar-refractivity contribution in [2.75, 3.05) is 56.0 Å². The van der Waals surface area contributed by atoms with Crippen LogP contribution in [0.2, 0.25) is 0 Å². The molecule has 1 atom stereocenters. The number of carbonyl (C=O) groups excluding carboxylic acids is 3. The summed E-state index contributed by atoms with van der Waals surface area (Å²) in [6, 6.07) is 17.1. The van der Waals surface area contributed by atoms with Gasteiger partial charge in [-0.1, -0.05) is 37.3 Å². The molecule has 2 saturated heterocycles. The largest absolute Gasteiger partial charge is 0.369 e. The minimum atomic E-state index is -0.790. The predicted molar refractivity (Wildman–Crippen MR) is 133 cm³/mol. The van der Waals surface area contributed by atoms with E-state index in [1.165, 1.54) is 11.3 Å². The van der Waals surface area contributed by atoms with Crippen LogP contribution < -0.4 is 15.5 Å². The highest BCUT2D eigenvalue weighted by atomic mass is 16.2. The van der Waals surface area contributed by atoms with Crippen LogP contribution in [0.4, 0.5) is 11.4 Å². The molecule has 2 aromatic carbocycles.